The highest BCUT2D eigenvalue weighted by molar-refractivity contribution is 5.99. The molecule has 3 heterocycles. The average Bonchev–Trinajstić information content (AvgIpc) is 3.34. The molecule has 0 aromatic carbocycles. The van der Waals surface area contributed by atoms with E-state index in [-0.39, 0.29) is 5.91 Å². The Labute approximate surface area is 133 Å². The van der Waals surface area contributed by atoms with E-state index in [9.17, 15) is 4.79 Å². The molecule has 1 fully saturated rings. The van der Waals surface area contributed by atoms with Crippen LogP contribution in [0, 0.1) is 6.92 Å². The van der Waals surface area contributed by atoms with Gasteiger partial charge in [-0.15, -0.1) is 0 Å². The molecule has 3 aromatic heterocycles. The number of imidazole rings is 1. The fourth-order valence-corrected chi connectivity index (χ4v) is 2.62. The third-order valence-corrected chi connectivity index (χ3v) is 4.00. The largest absolute Gasteiger partial charge is 0.345 e. The zero-order valence-corrected chi connectivity index (χ0v) is 12.9. The first kappa shape index (κ1) is 13.9. The molecule has 0 bridgehead atoms. The first-order chi connectivity index (χ1) is 11.2. The summed E-state index contributed by atoms with van der Waals surface area (Å²) >= 11 is 0. The SMILES string of the molecule is Cc1cnc(CNC(=O)c2nc(C3CC3)n3ccccc23)cn1. The van der Waals surface area contributed by atoms with Crippen LogP contribution < -0.4 is 5.32 Å². The zero-order valence-electron chi connectivity index (χ0n) is 12.9. The van der Waals surface area contributed by atoms with Gasteiger partial charge in [0.1, 0.15) is 5.82 Å². The second-order valence-corrected chi connectivity index (χ2v) is 5.88. The molecule has 0 unspecified atom stereocenters. The number of fused-ring (bicyclic) bond motifs is 1. The van der Waals surface area contributed by atoms with Gasteiger partial charge in [0.15, 0.2) is 5.69 Å². The van der Waals surface area contributed by atoms with E-state index in [0.717, 1.165) is 35.6 Å². The Hall–Kier alpha value is -2.76. The van der Waals surface area contributed by atoms with E-state index < -0.39 is 0 Å². The van der Waals surface area contributed by atoms with Gasteiger partial charge in [-0.2, -0.15) is 0 Å². The average molecular weight is 307 g/mol. The maximum Gasteiger partial charge on any atom is 0.272 e. The molecule has 23 heavy (non-hydrogen) atoms. The number of amides is 1. The molecule has 6 heteroatoms. The molecule has 0 atom stereocenters. The number of carbonyl (C=O) groups is 1. The van der Waals surface area contributed by atoms with Crippen LogP contribution in [0.1, 0.15) is 46.5 Å². The predicted octanol–water partition coefficient (Wildman–Crippen LogP) is 2.24. The van der Waals surface area contributed by atoms with Gasteiger partial charge in [-0.1, -0.05) is 6.07 Å². The highest BCUT2D eigenvalue weighted by Gasteiger charge is 2.30. The Morgan fingerprint density at radius 2 is 2.17 bits per heavy atom. The Morgan fingerprint density at radius 1 is 1.30 bits per heavy atom. The third-order valence-electron chi connectivity index (χ3n) is 4.00. The molecular formula is C17H17N5O. The van der Waals surface area contributed by atoms with Gasteiger partial charge in [0.2, 0.25) is 0 Å². The van der Waals surface area contributed by atoms with Crippen LogP contribution in [0.2, 0.25) is 0 Å². The van der Waals surface area contributed by atoms with Gasteiger partial charge >= 0.3 is 0 Å². The van der Waals surface area contributed by atoms with Gasteiger partial charge in [-0.3, -0.25) is 14.8 Å². The van der Waals surface area contributed by atoms with E-state index in [0.29, 0.717) is 18.2 Å². The van der Waals surface area contributed by atoms with Crippen LogP contribution in [-0.4, -0.2) is 25.3 Å². The van der Waals surface area contributed by atoms with Crippen molar-refractivity contribution in [1.29, 1.82) is 0 Å². The minimum Gasteiger partial charge on any atom is -0.345 e. The van der Waals surface area contributed by atoms with Crippen molar-refractivity contribution in [3.8, 4) is 0 Å². The second-order valence-electron chi connectivity index (χ2n) is 5.88. The van der Waals surface area contributed by atoms with Crippen molar-refractivity contribution in [2.75, 3.05) is 0 Å². The van der Waals surface area contributed by atoms with Crippen molar-refractivity contribution < 1.29 is 4.79 Å². The lowest BCUT2D eigenvalue weighted by molar-refractivity contribution is 0.0947. The number of nitrogens with zero attached hydrogens (tertiary/aromatic N) is 4. The van der Waals surface area contributed by atoms with E-state index >= 15 is 0 Å². The van der Waals surface area contributed by atoms with Crippen molar-refractivity contribution in [3.63, 3.8) is 0 Å². The van der Waals surface area contributed by atoms with E-state index in [1.165, 1.54) is 0 Å². The normalized spacial score (nSPS) is 14.1. The summed E-state index contributed by atoms with van der Waals surface area (Å²) in [5, 5.41) is 2.88. The fraction of sp³-hybridized carbons (Fsp3) is 0.294. The maximum absolute atomic E-state index is 12.5. The second kappa shape index (κ2) is 5.46. The number of pyridine rings is 1. The quantitative estimate of drug-likeness (QED) is 0.802. The molecule has 0 spiro atoms. The molecular weight excluding hydrogens is 290 g/mol. The molecule has 4 rings (SSSR count). The number of aryl methyl sites for hydroxylation is 1. The monoisotopic (exact) mass is 307 g/mol. The van der Waals surface area contributed by atoms with E-state index in [2.05, 4.69) is 20.3 Å². The molecule has 0 radical (unpaired) electrons. The van der Waals surface area contributed by atoms with Crippen LogP contribution in [-0.2, 0) is 6.54 Å². The zero-order chi connectivity index (χ0) is 15.8. The minimum absolute atomic E-state index is 0.178. The predicted molar refractivity (Wildman–Crippen MR) is 85.1 cm³/mol. The van der Waals surface area contributed by atoms with Crippen molar-refractivity contribution in [1.82, 2.24) is 24.7 Å². The minimum atomic E-state index is -0.178. The Balaban J connectivity index is 1.58. The molecule has 0 aliphatic heterocycles. The van der Waals surface area contributed by atoms with Gasteiger partial charge in [-0.25, -0.2) is 4.98 Å². The summed E-state index contributed by atoms with van der Waals surface area (Å²) in [7, 11) is 0. The Morgan fingerprint density at radius 3 is 2.91 bits per heavy atom. The number of nitrogens with one attached hydrogen (secondary N) is 1. The topological polar surface area (TPSA) is 72.2 Å². The van der Waals surface area contributed by atoms with E-state index in [1.54, 1.807) is 12.4 Å². The Kier molecular flexibility index (Phi) is 3.29. The van der Waals surface area contributed by atoms with E-state index in [1.807, 2.05) is 35.7 Å². The van der Waals surface area contributed by atoms with Gasteiger partial charge in [-0.05, 0) is 31.9 Å². The lowest BCUT2D eigenvalue weighted by Crippen LogP contribution is -2.24. The summed E-state index contributed by atoms with van der Waals surface area (Å²) in [6, 6.07) is 5.82. The maximum atomic E-state index is 12.5. The lowest BCUT2D eigenvalue weighted by Gasteiger charge is -2.03. The van der Waals surface area contributed by atoms with Crippen LogP contribution in [0.15, 0.2) is 36.8 Å². The van der Waals surface area contributed by atoms with Crippen molar-refractivity contribution in [2.24, 2.45) is 0 Å². The van der Waals surface area contributed by atoms with Crippen LogP contribution >= 0.6 is 0 Å². The molecule has 1 aliphatic rings. The molecule has 0 saturated heterocycles. The van der Waals surface area contributed by atoms with Gasteiger partial charge < -0.3 is 9.72 Å². The van der Waals surface area contributed by atoms with Crippen molar-refractivity contribution in [3.05, 3.63) is 59.7 Å². The summed E-state index contributed by atoms with van der Waals surface area (Å²) in [6.07, 6.45) is 7.63. The van der Waals surface area contributed by atoms with Crippen LogP contribution in [0.4, 0.5) is 0 Å². The number of rotatable bonds is 4. The summed E-state index contributed by atoms with van der Waals surface area (Å²) in [6.45, 7) is 2.22. The fourth-order valence-electron chi connectivity index (χ4n) is 2.62. The van der Waals surface area contributed by atoms with Gasteiger partial charge in [0, 0.05) is 18.3 Å². The van der Waals surface area contributed by atoms with Crippen molar-refractivity contribution in [2.45, 2.75) is 32.2 Å². The number of aromatic nitrogens is 4. The van der Waals surface area contributed by atoms with E-state index in [4.69, 9.17) is 0 Å². The highest BCUT2D eigenvalue weighted by atomic mass is 16.1. The first-order valence-electron chi connectivity index (χ1n) is 7.75. The molecule has 1 N–H and O–H groups in total. The summed E-state index contributed by atoms with van der Waals surface area (Å²) in [4.78, 5) is 25.5. The van der Waals surface area contributed by atoms with Gasteiger partial charge in [0.25, 0.3) is 5.91 Å². The summed E-state index contributed by atoms with van der Waals surface area (Å²) in [5.41, 5.74) is 2.92. The third kappa shape index (κ3) is 2.67. The molecule has 1 aliphatic carbocycles. The van der Waals surface area contributed by atoms with Crippen LogP contribution in [0.25, 0.3) is 5.52 Å². The highest BCUT2D eigenvalue weighted by Crippen LogP contribution is 2.39. The number of carbonyl (C=O) groups excluding carboxylic acids is 1. The molecule has 1 amide bonds. The molecule has 6 nitrogen and oxygen atoms in total. The smallest absolute Gasteiger partial charge is 0.272 e. The Bertz CT molecular complexity index is 864. The van der Waals surface area contributed by atoms with Crippen molar-refractivity contribution >= 4 is 11.4 Å². The molecule has 116 valence electrons. The summed E-state index contributed by atoms with van der Waals surface area (Å²) in [5.74, 6) is 1.29. The standard InChI is InChI=1S/C17H17N5O/c1-11-8-19-13(9-18-11)10-20-17(23)15-14-4-2-3-7-22(14)16(21-15)12-5-6-12/h2-4,7-9,12H,5-6,10H2,1H3,(H,20,23). The lowest BCUT2D eigenvalue weighted by atomic mass is 10.3. The van der Waals surface area contributed by atoms with Crippen LogP contribution in [0.5, 0.6) is 0 Å². The van der Waals surface area contributed by atoms with Crippen LogP contribution in [0.3, 0.4) is 0 Å². The number of hydrogen-bond acceptors (Lipinski definition) is 4. The molecule has 3 aromatic rings. The number of hydrogen-bond donors (Lipinski definition) is 1. The molecule has 1 saturated carbocycles. The van der Waals surface area contributed by atoms with Gasteiger partial charge in [0.05, 0.1) is 29.6 Å². The first-order valence-corrected chi connectivity index (χ1v) is 7.75. The summed E-state index contributed by atoms with van der Waals surface area (Å²) < 4.78 is 2.03.